The van der Waals surface area contributed by atoms with Crippen LogP contribution < -0.4 is 0 Å². The van der Waals surface area contributed by atoms with Crippen molar-refractivity contribution >= 4 is 11.6 Å². The lowest BCUT2D eigenvalue weighted by Gasteiger charge is -2.52. The third-order valence-electron chi connectivity index (χ3n) is 6.84. The molecule has 0 bridgehead atoms. The molecule has 1 aliphatic heterocycles. The Morgan fingerprint density at radius 3 is 2.40 bits per heavy atom. The molecule has 0 N–H and O–H groups in total. The summed E-state index contributed by atoms with van der Waals surface area (Å²) in [6, 6.07) is 10.1. The van der Waals surface area contributed by atoms with Crippen LogP contribution in [0.4, 0.5) is 0 Å². The summed E-state index contributed by atoms with van der Waals surface area (Å²) in [7, 11) is 2.36. The molecule has 3 fully saturated rings. The molecular formula is C21H31ClN2O. The molecule has 1 aromatic rings. The third kappa shape index (κ3) is 3.49. The van der Waals surface area contributed by atoms with Gasteiger partial charge < -0.3 is 4.74 Å². The van der Waals surface area contributed by atoms with Crippen molar-refractivity contribution in [2.24, 2.45) is 5.92 Å². The summed E-state index contributed by atoms with van der Waals surface area (Å²) >= 11 is 6.17. The van der Waals surface area contributed by atoms with Gasteiger partial charge in [0.15, 0.2) is 0 Å². The first kappa shape index (κ1) is 17.8. The number of halogens is 1. The van der Waals surface area contributed by atoms with E-state index in [0.717, 1.165) is 37.4 Å². The van der Waals surface area contributed by atoms with Crippen LogP contribution in [0.25, 0.3) is 0 Å². The van der Waals surface area contributed by atoms with Crippen LogP contribution in [0, 0.1) is 5.92 Å². The van der Waals surface area contributed by atoms with Gasteiger partial charge >= 0.3 is 0 Å². The van der Waals surface area contributed by atoms with Gasteiger partial charge in [-0.25, -0.2) is 0 Å². The van der Waals surface area contributed by atoms with Gasteiger partial charge in [0.25, 0.3) is 0 Å². The first-order chi connectivity index (χ1) is 12.1. The molecule has 3 unspecified atom stereocenters. The number of ether oxygens (including phenoxy) is 1. The number of nitrogens with zero attached hydrogens (tertiary/aromatic N) is 2. The molecule has 1 aromatic carbocycles. The van der Waals surface area contributed by atoms with Gasteiger partial charge in [0.05, 0.1) is 13.2 Å². The quantitative estimate of drug-likeness (QED) is 0.800. The van der Waals surface area contributed by atoms with Gasteiger partial charge in [-0.3, -0.25) is 9.80 Å². The predicted molar refractivity (Wildman–Crippen MR) is 103 cm³/mol. The molecule has 0 spiro atoms. The van der Waals surface area contributed by atoms with E-state index in [0.29, 0.717) is 12.0 Å². The molecule has 0 amide bonds. The molecule has 3 aliphatic rings. The molecule has 4 heteroatoms. The maximum Gasteiger partial charge on any atom is 0.0594 e. The normalized spacial score (nSPS) is 34.4. The summed E-state index contributed by atoms with van der Waals surface area (Å²) in [4.78, 5) is 5.37. The molecule has 2 saturated carbocycles. The molecule has 2 aliphatic carbocycles. The highest BCUT2D eigenvalue weighted by molar-refractivity contribution is 6.30. The van der Waals surface area contributed by atoms with Gasteiger partial charge in [-0.2, -0.15) is 0 Å². The highest BCUT2D eigenvalue weighted by Crippen LogP contribution is 2.49. The lowest BCUT2D eigenvalue weighted by molar-refractivity contribution is -0.0390. The van der Waals surface area contributed by atoms with Gasteiger partial charge in [-0.1, -0.05) is 30.7 Å². The maximum absolute atomic E-state index is 6.17. The fourth-order valence-electron chi connectivity index (χ4n) is 5.25. The Balaban J connectivity index is 1.58. The average molecular weight is 363 g/mol. The Morgan fingerprint density at radius 1 is 1.12 bits per heavy atom. The van der Waals surface area contributed by atoms with E-state index in [-0.39, 0.29) is 5.54 Å². The Morgan fingerprint density at radius 2 is 1.80 bits per heavy atom. The molecule has 0 aromatic heterocycles. The summed E-state index contributed by atoms with van der Waals surface area (Å²) in [5.41, 5.74) is 1.63. The van der Waals surface area contributed by atoms with Crippen LogP contribution in [0.1, 0.15) is 44.6 Å². The molecule has 3 nitrogen and oxygen atoms in total. The van der Waals surface area contributed by atoms with Gasteiger partial charge in [-0.15, -0.1) is 0 Å². The Kier molecular flexibility index (Phi) is 5.11. The van der Waals surface area contributed by atoms with Crippen molar-refractivity contribution in [3.8, 4) is 0 Å². The number of morpholine rings is 1. The topological polar surface area (TPSA) is 15.7 Å². The second kappa shape index (κ2) is 7.19. The second-order valence-corrected chi connectivity index (χ2v) is 8.75. The average Bonchev–Trinajstić information content (AvgIpc) is 3.47. The van der Waals surface area contributed by atoms with Crippen LogP contribution in [-0.2, 0) is 10.3 Å². The van der Waals surface area contributed by atoms with Crippen LogP contribution in [0.3, 0.4) is 0 Å². The summed E-state index contributed by atoms with van der Waals surface area (Å²) < 4.78 is 5.56. The molecule has 4 rings (SSSR count). The van der Waals surface area contributed by atoms with E-state index in [4.69, 9.17) is 16.3 Å². The highest BCUT2D eigenvalue weighted by atomic mass is 35.5. The molecule has 25 heavy (non-hydrogen) atoms. The predicted octanol–water partition coefficient (Wildman–Crippen LogP) is 4.15. The SMILES string of the molecule is CC1CC(c2ccc(Cl)cc2)(N(C)C2CC2)CCC1N1CCOCC1. The van der Waals surface area contributed by atoms with Crippen molar-refractivity contribution < 1.29 is 4.74 Å². The minimum atomic E-state index is 0.175. The van der Waals surface area contributed by atoms with Crippen molar-refractivity contribution in [2.45, 2.75) is 56.7 Å². The molecule has 138 valence electrons. The smallest absolute Gasteiger partial charge is 0.0594 e. The van der Waals surface area contributed by atoms with E-state index in [1.54, 1.807) is 0 Å². The molecule has 3 atom stereocenters. The zero-order valence-electron chi connectivity index (χ0n) is 15.6. The van der Waals surface area contributed by atoms with Gasteiger partial charge in [-0.05, 0) is 62.8 Å². The van der Waals surface area contributed by atoms with E-state index in [1.165, 1.54) is 37.7 Å². The Labute approximate surface area is 157 Å². The van der Waals surface area contributed by atoms with Crippen molar-refractivity contribution in [1.82, 2.24) is 9.80 Å². The van der Waals surface area contributed by atoms with Gasteiger partial charge in [0, 0.05) is 35.7 Å². The molecular weight excluding hydrogens is 332 g/mol. The lowest BCUT2D eigenvalue weighted by atomic mass is 9.69. The van der Waals surface area contributed by atoms with Crippen LogP contribution in [0.5, 0.6) is 0 Å². The van der Waals surface area contributed by atoms with Crippen molar-refractivity contribution in [1.29, 1.82) is 0 Å². The fraction of sp³-hybridized carbons (Fsp3) is 0.714. The summed E-state index contributed by atoms with van der Waals surface area (Å²) in [6.07, 6.45) is 6.47. The summed E-state index contributed by atoms with van der Waals surface area (Å²) in [5.74, 6) is 0.698. The maximum atomic E-state index is 6.17. The molecule has 1 saturated heterocycles. The largest absolute Gasteiger partial charge is 0.379 e. The second-order valence-electron chi connectivity index (χ2n) is 8.32. The minimum Gasteiger partial charge on any atom is -0.379 e. The van der Waals surface area contributed by atoms with E-state index in [1.807, 2.05) is 0 Å². The first-order valence-electron chi connectivity index (χ1n) is 9.91. The van der Waals surface area contributed by atoms with Crippen molar-refractivity contribution in [3.05, 3.63) is 34.9 Å². The zero-order chi connectivity index (χ0) is 17.4. The number of hydrogen-bond donors (Lipinski definition) is 0. The minimum absolute atomic E-state index is 0.175. The monoisotopic (exact) mass is 362 g/mol. The third-order valence-corrected chi connectivity index (χ3v) is 7.09. The van der Waals surface area contributed by atoms with E-state index >= 15 is 0 Å². The van der Waals surface area contributed by atoms with Gasteiger partial charge in [0.2, 0.25) is 0 Å². The lowest BCUT2D eigenvalue weighted by Crippen LogP contribution is -2.55. The van der Waals surface area contributed by atoms with Crippen molar-refractivity contribution in [3.63, 3.8) is 0 Å². The van der Waals surface area contributed by atoms with Crippen molar-refractivity contribution in [2.75, 3.05) is 33.4 Å². The fourth-order valence-corrected chi connectivity index (χ4v) is 5.38. The van der Waals surface area contributed by atoms with Crippen LogP contribution >= 0.6 is 11.6 Å². The number of hydrogen-bond acceptors (Lipinski definition) is 3. The Hall–Kier alpha value is -0.610. The molecule has 1 heterocycles. The zero-order valence-corrected chi connectivity index (χ0v) is 16.3. The highest BCUT2D eigenvalue weighted by Gasteiger charge is 2.48. The van der Waals surface area contributed by atoms with E-state index in [2.05, 4.69) is 48.0 Å². The van der Waals surface area contributed by atoms with Crippen LogP contribution in [-0.4, -0.2) is 55.2 Å². The van der Waals surface area contributed by atoms with E-state index < -0.39 is 0 Å². The van der Waals surface area contributed by atoms with Crippen LogP contribution in [0.2, 0.25) is 5.02 Å². The number of benzene rings is 1. The van der Waals surface area contributed by atoms with Gasteiger partial charge in [0.1, 0.15) is 0 Å². The summed E-state index contributed by atoms with van der Waals surface area (Å²) in [5, 5.41) is 0.836. The van der Waals surface area contributed by atoms with E-state index in [9.17, 15) is 0 Å². The Bertz CT molecular complexity index is 582. The number of rotatable bonds is 4. The molecule has 0 radical (unpaired) electrons. The summed E-state index contributed by atoms with van der Waals surface area (Å²) in [6.45, 7) is 6.45. The van der Waals surface area contributed by atoms with Crippen LogP contribution in [0.15, 0.2) is 24.3 Å². The first-order valence-corrected chi connectivity index (χ1v) is 10.3. The standard InChI is InChI=1S/C21H31ClN2O/c1-16-15-21(23(2)19-7-8-19,17-3-5-18(22)6-4-17)10-9-20(16)24-11-13-25-14-12-24/h3-6,16,19-20H,7-15H2,1-2H3.